The van der Waals surface area contributed by atoms with Crippen LogP contribution in [0.15, 0.2) is 48.5 Å². The van der Waals surface area contributed by atoms with Crippen molar-refractivity contribution in [1.82, 2.24) is 5.32 Å². The molecule has 1 atom stereocenters. The van der Waals surface area contributed by atoms with Crippen molar-refractivity contribution in [1.29, 1.82) is 0 Å². The minimum atomic E-state index is -1.16. The Labute approximate surface area is 153 Å². The van der Waals surface area contributed by atoms with E-state index in [9.17, 15) is 29.8 Å². The van der Waals surface area contributed by atoms with Crippen molar-refractivity contribution in [2.24, 2.45) is 5.73 Å². The first-order chi connectivity index (χ1) is 12.8. The number of nitro benzene ring substituents is 2. The van der Waals surface area contributed by atoms with Crippen LogP contribution in [0.25, 0.3) is 0 Å². The van der Waals surface area contributed by atoms with Gasteiger partial charge in [-0.05, 0) is 5.56 Å². The van der Waals surface area contributed by atoms with E-state index in [0.29, 0.717) is 5.56 Å². The molecule has 3 N–H and O–H groups in total. The number of primary amides is 1. The highest BCUT2D eigenvalue weighted by atomic mass is 16.6. The number of nitro groups is 2. The van der Waals surface area contributed by atoms with Gasteiger partial charge in [0.25, 0.3) is 11.4 Å². The Balaban J connectivity index is 2.11. The lowest BCUT2D eigenvalue weighted by Gasteiger charge is -2.15. The lowest BCUT2D eigenvalue weighted by atomic mass is 10.0. The SMILES string of the molecule is NC(=O)[C@H](Cc1ccccc1[N+](=O)[O-])NC(=O)Cc1cccc([N+](=O)[O-])c1. The van der Waals surface area contributed by atoms with Gasteiger partial charge in [0.2, 0.25) is 11.8 Å². The molecule has 2 aromatic carbocycles. The maximum Gasteiger partial charge on any atom is 0.272 e. The number of hydrogen-bond donors (Lipinski definition) is 2. The molecule has 0 aromatic heterocycles. The zero-order valence-corrected chi connectivity index (χ0v) is 14.0. The molecule has 0 heterocycles. The second-order valence-electron chi connectivity index (χ2n) is 5.72. The zero-order valence-electron chi connectivity index (χ0n) is 14.0. The van der Waals surface area contributed by atoms with Crippen LogP contribution in [0.2, 0.25) is 0 Å². The molecule has 0 fully saturated rings. The molecule has 0 radical (unpaired) electrons. The maximum absolute atomic E-state index is 12.2. The summed E-state index contributed by atoms with van der Waals surface area (Å²) >= 11 is 0. The van der Waals surface area contributed by atoms with Gasteiger partial charge in [-0.2, -0.15) is 0 Å². The summed E-state index contributed by atoms with van der Waals surface area (Å²) in [7, 11) is 0. The van der Waals surface area contributed by atoms with Crippen molar-refractivity contribution in [3.05, 3.63) is 79.9 Å². The summed E-state index contributed by atoms with van der Waals surface area (Å²) in [5.74, 6) is -1.43. The van der Waals surface area contributed by atoms with E-state index in [2.05, 4.69) is 5.32 Å². The summed E-state index contributed by atoms with van der Waals surface area (Å²) in [5, 5.41) is 24.3. The Kier molecular flexibility index (Phi) is 6.15. The predicted molar refractivity (Wildman–Crippen MR) is 94.7 cm³/mol. The number of hydrogen-bond acceptors (Lipinski definition) is 6. The number of para-hydroxylation sites is 1. The van der Waals surface area contributed by atoms with Gasteiger partial charge in [-0.1, -0.05) is 30.3 Å². The number of nitrogens with zero attached hydrogens (tertiary/aromatic N) is 2. The first-order valence-corrected chi connectivity index (χ1v) is 7.82. The normalized spacial score (nSPS) is 11.4. The smallest absolute Gasteiger partial charge is 0.272 e. The number of non-ortho nitro benzene ring substituents is 1. The Morgan fingerprint density at radius 2 is 1.74 bits per heavy atom. The summed E-state index contributed by atoms with van der Waals surface area (Å²) in [6, 6.07) is 10.2. The third-order valence-electron chi connectivity index (χ3n) is 3.78. The predicted octanol–water partition coefficient (Wildman–Crippen LogP) is 1.26. The second-order valence-corrected chi connectivity index (χ2v) is 5.72. The minimum absolute atomic E-state index is 0.146. The van der Waals surface area contributed by atoms with Crippen LogP contribution in [-0.4, -0.2) is 27.7 Å². The monoisotopic (exact) mass is 372 g/mol. The van der Waals surface area contributed by atoms with Crippen LogP contribution in [-0.2, 0) is 22.4 Å². The van der Waals surface area contributed by atoms with Crippen LogP contribution in [0.1, 0.15) is 11.1 Å². The summed E-state index contributed by atoms with van der Waals surface area (Å²) in [5.41, 5.74) is 5.60. The third kappa shape index (κ3) is 5.33. The number of nitrogens with one attached hydrogen (secondary N) is 1. The maximum atomic E-state index is 12.2. The van der Waals surface area contributed by atoms with Gasteiger partial charge < -0.3 is 11.1 Å². The zero-order chi connectivity index (χ0) is 20.0. The molecule has 0 aliphatic heterocycles. The van der Waals surface area contributed by atoms with Crippen LogP contribution >= 0.6 is 0 Å². The van der Waals surface area contributed by atoms with E-state index in [0.717, 1.165) is 0 Å². The number of nitrogens with two attached hydrogens (primary N) is 1. The summed E-state index contributed by atoms with van der Waals surface area (Å²) in [4.78, 5) is 44.5. The Morgan fingerprint density at radius 1 is 1.04 bits per heavy atom. The van der Waals surface area contributed by atoms with E-state index >= 15 is 0 Å². The van der Waals surface area contributed by atoms with E-state index < -0.39 is 27.7 Å². The van der Waals surface area contributed by atoms with E-state index in [-0.39, 0.29) is 29.8 Å². The van der Waals surface area contributed by atoms with Gasteiger partial charge in [0.05, 0.1) is 16.3 Å². The van der Waals surface area contributed by atoms with Crippen molar-refractivity contribution in [3.8, 4) is 0 Å². The fourth-order valence-electron chi connectivity index (χ4n) is 2.51. The average molecular weight is 372 g/mol. The molecule has 0 unspecified atom stereocenters. The molecule has 2 aromatic rings. The first kappa shape index (κ1) is 19.5. The molecule has 10 heteroatoms. The summed E-state index contributed by atoms with van der Waals surface area (Å²) in [6.45, 7) is 0. The summed E-state index contributed by atoms with van der Waals surface area (Å²) in [6.07, 6.45) is -0.352. The molecule has 0 aliphatic carbocycles. The number of benzene rings is 2. The van der Waals surface area contributed by atoms with E-state index in [1.807, 2.05) is 0 Å². The fourth-order valence-corrected chi connectivity index (χ4v) is 2.51. The lowest BCUT2D eigenvalue weighted by molar-refractivity contribution is -0.385. The summed E-state index contributed by atoms with van der Waals surface area (Å²) < 4.78 is 0. The lowest BCUT2D eigenvalue weighted by Crippen LogP contribution is -2.46. The van der Waals surface area contributed by atoms with Gasteiger partial charge in [-0.25, -0.2) is 0 Å². The Hall–Kier alpha value is -3.82. The topological polar surface area (TPSA) is 158 Å². The van der Waals surface area contributed by atoms with Gasteiger partial charge in [0, 0.05) is 30.2 Å². The van der Waals surface area contributed by atoms with Gasteiger partial charge >= 0.3 is 0 Å². The molecule has 10 nitrogen and oxygen atoms in total. The Morgan fingerprint density at radius 3 is 2.37 bits per heavy atom. The highest BCUT2D eigenvalue weighted by Crippen LogP contribution is 2.19. The molecule has 0 aliphatic rings. The largest absolute Gasteiger partial charge is 0.368 e. The quantitative estimate of drug-likeness (QED) is 0.524. The van der Waals surface area contributed by atoms with Crippen molar-refractivity contribution in [2.75, 3.05) is 0 Å². The number of rotatable bonds is 8. The molecule has 0 bridgehead atoms. The second kappa shape index (κ2) is 8.52. The average Bonchev–Trinajstić information content (AvgIpc) is 2.61. The molecule has 0 spiro atoms. The van der Waals surface area contributed by atoms with Crippen LogP contribution in [0.5, 0.6) is 0 Å². The number of carbonyl (C=O) groups excluding carboxylic acids is 2. The third-order valence-corrected chi connectivity index (χ3v) is 3.78. The van der Waals surface area contributed by atoms with Gasteiger partial charge in [-0.3, -0.25) is 29.8 Å². The van der Waals surface area contributed by atoms with Gasteiger partial charge in [0.1, 0.15) is 6.04 Å². The highest BCUT2D eigenvalue weighted by molar-refractivity contribution is 5.87. The Bertz CT molecular complexity index is 898. The molecule has 140 valence electrons. The molecule has 0 saturated carbocycles. The van der Waals surface area contributed by atoms with Crippen molar-refractivity contribution < 1.29 is 19.4 Å². The highest BCUT2D eigenvalue weighted by Gasteiger charge is 2.23. The minimum Gasteiger partial charge on any atom is -0.368 e. The molecular formula is C17H16N4O6. The molecule has 0 saturated heterocycles. The molecule has 27 heavy (non-hydrogen) atoms. The van der Waals surface area contributed by atoms with E-state index in [1.165, 1.54) is 42.5 Å². The van der Waals surface area contributed by atoms with E-state index in [4.69, 9.17) is 5.73 Å². The first-order valence-electron chi connectivity index (χ1n) is 7.82. The van der Waals surface area contributed by atoms with Crippen molar-refractivity contribution in [2.45, 2.75) is 18.9 Å². The van der Waals surface area contributed by atoms with Gasteiger partial charge in [-0.15, -0.1) is 0 Å². The fraction of sp³-hybridized carbons (Fsp3) is 0.176. The van der Waals surface area contributed by atoms with Crippen LogP contribution < -0.4 is 11.1 Å². The van der Waals surface area contributed by atoms with Gasteiger partial charge in [0.15, 0.2) is 0 Å². The molecule has 2 amide bonds. The van der Waals surface area contributed by atoms with Crippen LogP contribution in [0, 0.1) is 20.2 Å². The van der Waals surface area contributed by atoms with Crippen molar-refractivity contribution >= 4 is 23.2 Å². The van der Waals surface area contributed by atoms with Crippen LogP contribution in [0.4, 0.5) is 11.4 Å². The van der Waals surface area contributed by atoms with Crippen LogP contribution in [0.3, 0.4) is 0 Å². The van der Waals surface area contributed by atoms with E-state index in [1.54, 1.807) is 6.07 Å². The number of carbonyl (C=O) groups is 2. The number of amides is 2. The molecular weight excluding hydrogens is 356 g/mol. The standard InChI is InChI=1S/C17H16N4O6/c18-17(23)14(10-12-5-1-2-7-15(12)21(26)27)19-16(22)9-11-4-3-6-13(8-11)20(24)25/h1-8,14H,9-10H2,(H2,18,23)(H,19,22)/t14-/m0/s1. The molecule has 2 rings (SSSR count). The van der Waals surface area contributed by atoms with Crippen molar-refractivity contribution in [3.63, 3.8) is 0 Å².